The van der Waals surface area contributed by atoms with Crippen LogP contribution >= 0.6 is 0 Å². The van der Waals surface area contributed by atoms with E-state index < -0.39 is 0 Å². The largest absolute Gasteiger partial charge is 0.341 e. The summed E-state index contributed by atoms with van der Waals surface area (Å²) in [6.45, 7) is 5.26. The molecule has 0 N–H and O–H groups in total. The van der Waals surface area contributed by atoms with Gasteiger partial charge >= 0.3 is 0 Å². The van der Waals surface area contributed by atoms with E-state index in [-0.39, 0.29) is 5.91 Å². The summed E-state index contributed by atoms with van der Waals surface area (Å²) in [6, 6.07) is 1.16. The van der Waals surface area contributed by atoms with Gasteiger partial charge in [-0.2, -0.15) is 0 Å². The molecule has 3 aliphatic rings. The first-order chi connectivity index (χ1) is 11.7. The van der Waals surface area contributed by atoms with Gasteiger partial charge in [0.05, 0.1) is 6.04 Å². The van der Waals surface area contributed by atoms with Crippen molar-refractivity contribution >= 4 is 5.91 Å². The maximum atomic E-state index is 11.7. The van der Waals surface area contributed by atoms with Crippen LogP contribution in [0.15, 0.2) is 0 Å². The summed E-state index contributed by atoms with van der Waals surface area (Å²) in [6.07, 6.45) is 10.1. The topological polar surface area (TPSA) is 54.3 Å². The Morgan fingerprint density at radius 3 is 2.58 bits per heavy atom. The maximum Gasteiger partial charge on any atom is 0.219 e. The zero-order valence-electron chi connectivity index (χ0n) is 14.8. The molecule has 0 radical (unpaired) electrons. The summed E-state index contributed by atoms with van der Waals surface area (Å²) >= 11 is 0. The Labute approximate surface area is 144 Å². The highest BCUT2D eigenvalue weighted by Crippen LogP contribution is 2.37. The molecule has 0 bridgehead atoms. The van der Waals surface area contributed by atoms with Crippen molar-refractivity contribution in [3.05, 3.63) is 11.6 Å². The molecule has 24 heavy (non-hydrogen) atoms. The van der Waals surface area contributed by atoms with Gasteiger partial charge in [-0.3, -0.25) is 9.69 Å². The molecule has 0 aromatic carbocycles. The van der Waals surface area contributed by atoms with Crippen LogP contribution in [0.2, 0.25) is 0 Å². The van der Waals surface area contributed by atoms with Crippen LogP contribution in [-0.4, -0.2) is 56.1 Å². The second-order valence-electron chi connectivity index (χ2n) is 7.57. The van der Waals surface area contributed by atoms with E-state index in [1.54, 1.807) is 6.92 Å². The number of hydrogen-bond acceptors (Lipinski definition) is 4. The Morgan fingerprint density at radius 1 is 0.958 bits per heavy atom. The highest BCUT2D eigenvalue weighted by atomic mass is 16.2. The van der Waals surface area contributed by atoms with Crippen molar-refractivity contribution in [2.45, 2.75) is 76.9 Å². The van der Waals surface area contributed by atoms with Crippen molar-refractivity contribution in [1.29, 1.82) is 0 Å². The Morgan fingerprint density at radius 2 is 1.79 bits per heavy atom. The van der Waals surface area contributed by atoms with E-state index in [0.29, 0.717) is 6.04 Å². The summed E-state index contributed by atoms with van der Waals surface area (Å²) in [5.41, 5.74) is 0. The lowest BCUT2D eigenvalue weighted by molar-refractivity contribution is -0.128. The second-order valence-corrected chi connectivity index (χ2v) is 7.57. The number of rotatable bonds is 2. The Bertz CT molecular complexity index is 592. The van der Waals surface area contributed by atoms with E-state index in [4.69, 9.17) is 0 Å². The lowest BCUT2D eigenvalue weighted by Crippen LogP contribution is -2.37. The first kappa shape index (κ1) is 16.1. The Kier molecular flexibility index (Phi) is 4.57. The van der Waals surface area contributed by atoms with E-state index in [9.17, 15) is 4.79 Å². The average molecular weight is 331 g/mol. The molecule has 1 aromatic rings. The molecule has 6 heteroatoms. The van der Waals surface area contributed by atoms with Crippen molar-refractivity contribution in [3.63, 3.8) is 0 Å². The SMILES string of the molecule is CC(=O)N1CCc2nnc(C3CCCN3C3CCCCC3)n2CC1. The number of fused-ring (bicyclic) bond motifs is 1. The molecule has 2 aliphatic heterocycles. The fraction of sp³-hybridized carbons (Fsp3) is 0.833. The van der Waals surface area contributed by atoms with Gasteiger partial charge in [0.2, 0.25) is 5.91 Å². The lowest BCUT2D eigenvalue weighted by Gasteiger charge is -2.35. The van der Waals surface area contributed by atoms with E-state index in [0.717, 1.165) is 43.7 Å². The molecular weight excluding hydrogens is 302 g/mol. The fourth-order valence-electron chi connectivity index (χ4n) is 4.82. The first-order valence-corrected chi connectivity index (χ1v) is 9.67. The van der Waals surface area contributed by atoms with Crippen LogP contribution in [0, 0.1) is 0 Å². The number of nitrogens with zero attached hydrogens (tertiary/aromatic N) is 5. The van der Waals surface area contributed by atoms with Crippen LogP contribution in [0.4, 0.5) is 0 Å². The third kappa shape index (κ3) is 2.96. The molecule has 1 saturated heterocycles. The number of amides is 1. The van der Waals surface area contributed by atoms with Crippen LogP contribution in [0.3, 0.4) is 0 Å². The lowest BCUT2D eigenvalue weighted by atomic mass is 9.93. The molecule has 1 amide bonds. The summed E-state index contributed by atoms with van der Waals surface area (Å²) < 4.78 is 2.31. The number of carbonyl (C=O) groups is 1. The van der Waals surface area contributed by atoms with E-state index in [1.165, 1.54) is 51.5 Å². The fourth-order valence-corrected chi connectivity index (χ4v) is 4.82. The number of likely N-dealkylation sites (tertiary alicyclic amines) is 1. The zero-order chi connectivity index (χ0) is 16.5. The third-order valence-corrected chi connectivity index (χ3v) is 6.14. The molecule has 4 rings (SSSR count). The monoisotopic (exact) mass is 331 g/mol. The molecule has 1 aromatic heterocycles. The average Bonchev–Trinajstić information content (AvgIpc) is 3.17. The van der Waals surface area contributed by atoms with Crippen molar-refractivity contribution < 1.29 is 4.79 Å². The highest BCUT2D eigenvalue weighted by molar-refractivity contribution is 5.73. The van der Waals surface area contributed by atoms with Crippen molar-refractivity contribution in [2.75, 3.05) is 19.6 Å². The molecule has 1 unspecified atom stereocenters. The molecule has 2 fully saturated rings. The molecule has 1 aliphatic carbocycles. The first-order valence-electron chi connectivity index (χ1n) is 9.67. The zero-order valence-corrected chi connectivity index (χ0v) is 14.8. The normalized spacial score (nSPS) is 26.4. The van der Waals surface area contributed by atoms with Crippen LogP contribution in [0.5, 0.6) is 0 Å². The molecule has 3 heterocycles. The number of hydrogen-bond donors (Lipinski definition) is 0. The van der Waals surface area contributed by atoms with Gasteiger partial charge in [-0.15, -0.1) is 10.2 Å². The van der Waals surface area contributed by atoms with E-state index >= 15 is 0 Å². The minimum absolute atomic E-state index is 0.167. The molecule has 1 saturated carbocycles. The molecule has 6 nitrogen and oxygen atoms in total. The molecular formula is C18H29N5O. The van der Waals surface area contributed by atoms with Gasteiger partial charge < -0.3 is 9.47 Å². The quantitative estimate of drug-likeness (QED) is 0.833. The summed E-state index contributed by atoms with van der Waals surface area (Å²) in [5.74, 6) is 2.38. The third-order valence-electron chi connectivity index (χ3n) is 6.14. The summed E-state index contributed by atoms with van der Waals surface area (Å²) in [7, 11) is 0. The van der Waals surface area contributed by atoms with E-state index in [1.807, 2.05) is 4.90 Å². The second kappa shape index (κ2) is 6.82. The van der Waals surface area contributed by atoms with Gasteiger partial charge in [0, 0.05) is 39.0 Å². The van der Waals surface area contributed by atoms with Gasteiger partial charge in [0.1, 0.15) is 11.6 Å². The Hall–Kier alpha value is -1.43. The predicted octanol–water partition coefficient (Wildman–Crippen LogP) is 2.15. The molecule has 0 spiro atoms. The minimum atomic E-state index is 0.167. The van der Waals surface area contributed by atoms with Gasteiger partial charge in [-0.05, 0) is 32.2 Å². The van der Waals surface area contributed by atoms with Crippen LogP contribution in [-0.2, 0) is 17.8 Å². The molecule has 132 valence electrons. The van der Waals surface area contributed by atoms with Crippen molar-refractivity contribution in [3.8, 4) is 0 Å². The van der Waals surface area contributed by atoms with Crippen LogP contribution < -0.4 is 0 Å². The van der Waals surface area contributed by atoms with E-state index in [2.05, 4.69) is 19.7 Å². The Balaban J connectivity index is 1.54. The van der Waals surface area contributed by atoms with Gasteiger partial charge in [0.25, 0.3) is 0 Å². The van der Waals surface area contributed by atoms with Crippen molar-refractivity contribution in [1.82, 2.24) is 24.6 Å². The van der Waals surface area contributed by atoms with Gasteiger partial charge in [0.15, 0.2) is 0 Å². The highest BCUT2D eigenvalue weighted by Gasteiger charge is 2.36. The summed E-state index contributed by atoms with van der Waals surface area (Å²) in [5, 5.41) is 9.09. The number of aromatic nitrogens is 3. The standard InChI is InChI=1S/C18H29N5O/c1-14(24)21-11-9-17-19-20-18(23(17)13-12-21)16-8-5-10-22(16)15-6-3-2-4-7-15/h15-16H,2-13H2,1H3. The van der Waals surface area contributed by atoms with Gasteiger partial charge in [-0.25, -0.2) is 0 Å². The summed E-state index contributed by atoms with van der Waals surface area (Å²) in [4.78, 5) is 16.3. The number of carbonyl (C=O) groups excluding carboxylic acids is 1. The molecule has 1 atom stereocenters. The van der Waals surface area contributed by atoms with Crippen LogP contribution in [0.25, 0.3) is 0 Å². The van der Waals surface area contributed by atoms with Crippen molar-refractivity contribution in [2.24, 2.45) is 0 Å². The smallest absolute Gasteiger partial charge is 0.219 e. The van der Waals surface area contributed by atoms with Crippen LogP contribution in [0.1, 0.15) is 69.6 Å². The minimum Gasteiger partial charge on any atom is -0.341 e. The predicted molar refractivity (Wildman–Crippen MR) is 91.5 cm³/mol. The van der Waals surface area contributed by atoms with Gasteiger partial charge in [-0.1, -0.05) is 19.3 Å². The maximum absolute atomic E-state index is 11.7.